The zero-order valence-electron chi connectivity index (χ0n) is 8.57. The summed E-state index contributed by atoms with van der Waals surface area (Å²) in [5, 5.41) is 1.82. The van der Waals surface area contributed by atoms with Crippen molar-refractivity contribution in [2.75, 3.05) is 0 Å². The molecule has 0 bridgehead atoms. The molecule has 2 aromatic rings. The zero-order valence-corrected chi connectivity index (χ0v) is 11.0. The van der Waals surface area contributed by atoms with Gasteiger partial charge in [0.25, 0.3) is 0 Å². The molecule has 0 saturated carbocycles. The number of benzene rings is 1. The highest BCUT2D eigenvalue weighted by atomic mass is 79.9. The molecule has 0 unspecified atom stereocenters. The monoisotopic (exact) mass is 296 g/mol. The highest BCUT2D eigenvalue weighted by molar-refractivity contribution is 9.10. The van der Waals surface area contributed by atoms with Gasteiger partial charge in [-0.25, -0.2) is 0 Å². The number of ether oxygens (including phenoxy) is 1. The second kappa shape index (κ2) is 4.80. The summed E-state index contributed by atoms with van der Waals surface area (Å²) >= 11 is 4.77. The second-order valence-electron chi connectivity index (χ2n) is 3.31. The molecule has 0 N–H and O–H groups in total. The van der Waals surface area contributed by atoms with Crippen LogP contribution in [0, 0.1) is 6.92 Å². The lowest BCUT2D eigenvalue weighted by Gasteiger charge is -2.06. The molecular weight excluding hydrogens is 288 g/mol. The minimum Gasteiger partial charge on any atom is -0.456 e. The Labute approximate surface area is 106 Å². The van der Waals surface area contributed by atoms with Gasteiger partial charge in [-0.1, -0.05) is 15.9 Å². The van der Waals surface area contributed by atoms with Gasteiger partial charge in [0.2, 0.25) is 0 Å². The van der Waals surface area contributed by atoms with Crippen molar-refractivity contribution in [1.29, 1.82) is 0 Å². The Kier molecular flexibility index (Phi) is 3.41. The summed E-state index contributed by atoms with van der Waals surface area (Å²) in [4.78, 5) is 11.2. The summed E-state index contributed by atoms with van der Waals surface area (Å²) in [6, 6.07) is 7.55. The maximum absolute atomic E-state index is 10.5. The second-order valence-corrected chi connectivity index (χ2v) is 5.17. The summed E-state index contributed by atoms with van der Waals surface area (Å²) in [5.41, 5.74) is 1.05. The minimum absolute atomic E-state index is 0.671. The Balaban J connectivity index is 2.23. The third-order valence-electron chi connectivity index (χ3n) is 2.08. The Morgan fingerprint density at radius 1 is 1.38 bits per heavy atom. The van der Waals surface area contributed by atoms with E-state index in [2.05, 4.69) is 15.9 Å². The van der Waals surface area contributed by atoms with E-state index in [4.69, 9.17) is 4.74 Å². The van der Waals surface area contributed by atoms with Crippen LogP contribution in [0.15, 0.2) is 34.1 Å². The number of thiophene rings is 1. The van der Waals surface area contributed by atoms with Crippen LogP contribution in [-0.4, -0.2) is 6.29 Å². The topological polar surface area (TPSA) is 26.3 Å². The Morgan fingerprint density at radius 2 is 2.19 bits per heavy atom. The number of carbonyl (C=O) groups excluding carboxylic acids is 1. The number of rotatable bonds is 3. The van der Waals surface area contributed by atoms with E-state index >= 15 is 0 Å². The summed E-state index contributed by atoms with van der Waals surface area (Å²) < 4.78 is 6.70. The Hall–Kier alpha value is -1.13. The molecule has 0 fully saturated rings. The molecule has 0 radical (unpaired) electrons. The standard InChI is InChI=1S/C12H9BrO2S/c1-8-4-9(13)2-3-12(8)15-10-5-11(6-14)16-7-10/h2-7H,1H3. The first-order valence-corrected chi connectivity index (χ1v) is 6.34. The average molecular weight is 297 g/mol. The molecule has 1 heterocycles. The van der Waals surface area contributed by atoms with Crippen molar-refractivity contribution in [1.82, 2.24) is 0 Å². The van der Waals surface area contributed by atoms with E-state index in [-0.39, 0.29) is 0 Å². The zero-order chi connectivity index (χ0) is 11.5. The fourth-order valence-corrected chi connectivity index (χ4v) is 2.39. The fourth-order valence-electron chi connectivity index (χ4n) is 1.30. The first-order valence-electron chi connectivity index (χ1n) is 4.67. The summed E-state index contributed by atoms with van der Waals surface area (Å²) in [7, 11) is 0. The molecule has 0 saturated heterocycles. The van der Waals surface area contributed by atoms with E-state index in [1.54, 1.807) is 6.07 Å². The number of aryl methyl sites for hydroxylation is 1. The number of hydrogen-bond donors (Lipinski definition) is 0. The highest BCUT2D eigenvalue weighted by Crippen LogP contribution is 2.29. The third-order valence-corrected chi connectivity index (χ3v) is 3.41. The SMILES string of the molecule is Cc1cc(Br)ccc1Oc1csc(C=O)c1. The molecule has 0 spiro atoms. The third kappa shape index (κ3) is 2.51. The van der Waals surface area contributed by atoms with Gasteiger partial charge in [0.05, 0.1) is 4.88 Å². The van der Waals surface area contributed by atoms with Crippen molar-refractivity contribution < 1.29 is 9.53 Å². The Bertz CT molecular complexity index is 519. The van der Waals surface area contributed by atoms with Crippen molar-refractivity contribution in [3.05, 3.63) is 44.6 Å². The lowest BCUT2D eigenvalue weighted by atomic mass is 10.2. The van der Waals surface area contributed by atoms with Crippen molar-refractivity contribution in [3.8, 4) is 11.5 Å². The quantitative estimate of drug-likeness (QED) is 0.784. The lowest BCUT2D eigenvalue weighted by molar-refractivity contribution is 0.112. The molecule has 0 aliphatic heterocycles. The Morgan fingerprint density at radius 3 is 2.81 bits per heavy atom. The molecule has 0 atom stereocenters. The molecule has 0 aliphatic rings. The minimum atomic E-state index is 0.671. The largest absolute Gasteiger partial charge is 0.456 e. The van der Waals surface area contributed by atoms with Gasteiger partial charge in [0.1, 0.15) is 11.5 Å². The van der Waals surface area contributed by atoms with Crippen LogP contribution in [0.1, 0.15) is 15.2 Å². The normalized spacial score (nSPS) is 10.1. The van der Waals surface area contributed by atoms with E-state index < -0.39 is 0 Å². The van der Waals surface area contributed by atoms with Crippen LogP contribution < -0.4 is 4.74 Å². The molecular formula is C12H9BrO2S. The van der Waals surface area contributed by atoms with E-state index in [1.807, 2.05) is 30.5 Å². The predicted molar refractivity (Wildman–Crippen MR) is 68.7 cm³/mol. The molecule has 0 amide bonds. The highest BCUT2D eigenvalue weighted by Gasteiger charge is 2.04. The predicted octanol–water partition coefficient (Wildman–Crippen LogP) is 4.42. The summed E-state index contributed by atoms with van der Waals surface area (Å²) in [5.74, 6) is 1.51. The first-order chi connectivity index (χ1) is 7.69. The van der Waals surface area contributed by atoms with Gasteiger partial charge in [-0.15, -0.1) is 11.3 Å². The van der Waals surface area contributed by atoms with Crippen molar-refractivity contribution in [3.63, 3.8) is 0 Å². The van der Waals surface area contributed by atoms with Gasteiger partial charge < -0.3 is 4.74 Å². The van der Waals surface area contributed by atoms with Gasteiger partial charge in [-0.3, -0.25) is 4.79 Å². The molecule has 0 aliphatic carbocycles. The number of hydrogen-bond acceptors (Lipinski definition) is 3. The molecule has 2 nitrogen and oxygen atoms in total. The van der Waals surface area contributed by atoms with Crippen LogP contribution in [-0.2, 0) is 0 Å². The first kappa shape index (κ1) is 11.4. The van der Waals surface area contributed by atoms with Crippen LogP contribution in [0.25, 0.3) is 0 Å². The van der Waals surface area contributed by atoms with Gasteiger partial charge >= 0.3 is 0 Å². The van der Waals surface area contributed by atoms with Gasteiger partial charge in [-0.2, -0.15) is 0 Å². The van der Waals surface area contributed by atoms with E-state index in [1.165, 1.54) is 11.3 Å². The fraction of sp³-hybridized carbons (Fsp3) is 0.0833. The molecule has 2 rings (SSSR count). The van der Waals surface area contributed by atoms with Crippen LogP contribution >= 0.6 is 27.3 Å². The van der Waals surface area contributed by atoms with Crippen LogP contribution in [0.5, 0.6) is 11.5 Å². The van der Waals surface area contributed by atoms with Gasteiger partial charge in [0.15, 0.2) is 6.29 Å². The van der Waals surface area contributed by atoms with Crippen molar-refractivity contribution >= 4 is 33.6 Å². The molecule has 82 valence electrons. The van der Waals surface area contributed by atoms with E-state index in [0.29, 0.717) is 10.6 Å². The van der Waals surface area contributed by atoms with E-state index in [9.17, 15) is 4.79 Å². The molecule has 1 aromatic heterocycles. The average Bonchev–Trinajstić information content (AvgIpc) is 2.70. The summed E-state index contributed by atoms with van der Waals surface area (Å²) in [6.07, 6.45) is 0.825. The molecule has 4 heteroatoms. The maximum Gasteiger partial charge on any atom is 0.160 e. The van der Waals surface area contributed by atoms with E-state index in [0.717, 1.165) is 22.1 Å². The van der Waals surface area contributed by atoms with Crippen molar-refractivity contribution in [2.45, 2.75) is 6.92 Å². The molecule has 1 aromatic carbocycles. The van der Waals surface area contributed by atoms with Gasteiger partial charge in [-0.05, 0) is 30.7 Å². The smallest absolute Gasteiger partial charge is 0.160 e. The van der Waals surface area contributed by atoms with Crippen LogP contribution in [0.3, 0.4) is 0 Å². The summed E-state index contributed by atoms with van der Waals surface area (Å²) in [6.45, 7) is 1.98. The number of aldehydes is 1. The van der Waals surface area contributed by atoms with Gasteiger partial charge in [0, 0.05) is 15.9 Å². The maximum atomic E-state index is 10.5. The lowest BCUT2D eigenvalue weighted by Crippen LogP contribution is -1.85. The molecule has 16 heavy (non-hydrogen) atoms. The van der Waals surface area contributed by atoms with Crippen molar-refractivity contribution in [2.24, 2.45) is 0 Å². The number of carbonyl (C=O) groups is 1. The van der Waals surface area contributed by atoms with Crippen LogP contribution in [0.2, 0.25) is 0 Å². The van der Waals surface area contributed by atoms with Crippen LogP contribution in [0.4, 0.5) is 0 Å². The number of halogens is 1.